The highest BCUT2D eigenvalue weighted by atomic mass is 79.9. The van der Waals surface area contributed by atoms with E-state index in [-0.39, 0.29) is 0 Å². The minimum Gasteiger partial charge on any atom is -0.236 e. The lowest BCUT2D eigenvalue weighted by Gasteiger charge is -2.05. The van der Waals surface area contributed by atoms with Crippen LogP contribution in [0, 0.1) is 6.92 Å². The van der Waals surface area contributed by atoms with E-state index in [9.17, 15) is 0 Å². The molecule has 4 heteroatoms. The number of fused-ring (bicyclic) bond motifs is 1. The van der Waals surface area contributed by atoms with Gasteiger partial charge in [-0.2, -0.15) is 0 Å². The van der Waals surface area contributed by atoms with Gasteiger partial charge in [0.1, 0.15) is 5.01 Å². The Morgan fingerprint density at radius 2 is 1.72 bits per heavy atom. The number of thiazole rings is 1. The van der Waals surface area contributed by atoms with E-state index in [4.69, 9.17) is 4.98 Å². The number of hydrogen-bond acceptors (Lipinski definition) is 2. The Kier molecular flexibility index (Phi) is 3.26. The van der Waals surface area contributed by atoms with E-state index in [0.717, 1.165) is 25.0 Å². The van der Waals surface area contributed by atoms with Gasteiger partial charge in [-0.3, -0.25) is 0 Å². The molecule has 0 radical (unpaired) electrons. The van der Waals surface area contributed by atoms with E-state index in [1.165, 1.54) is 10.3 Å². The Bertz CT molecular complexity index is 677. The lowest BCUT2D eigenvalue weighted by Crippen LogP contribution is -1.83. The summed E-state index contributed by atoms with van der Waals surface area (Å²) >= 11 is 8.97. The van der Waals surface area contributed by atoms with E-state index >= 15 is 0 Å². The third-order valence-corrected chi connectivity index (χ3v) is 5.00. The summed E-state index contributed by atoms with van der Waals surface area (Å²) in [5.74, 6) is 0. The predicted molar refractivity (Wildman–Crippen MR) is 85.2 cm³/mol. The van der Waals surface area contributed by atoms with Crippen molar-refractivity contribution >= 4 is 53.4 Å². The van der Waals surface area contributed by atoms with Crippen LogP contribution in [0.5, 0.6) is 0 Å². The van der Waals surface area contributed by atoms with Gasteiger partial charge in [-0.1, -0.05) is 44.0 Å². The second-order valence-electron chi connectivity index (χ2n) is 4.09. The van der Waals surface area contributed by atoms with Crippen LogP contribution in [0.3, 0.4) is 0 Å². The molecule has 0 aliphatic rings. The van der Waals surface area contributed by atoms with Gasteiger partial charge in [-0.15, -0.1) is 11.3 Å². The number of halogens is 2. The number of nitrogens with zero attached hydrogens (tertiary/aromatic N) is 1. The van der Waals surface area contributed by atoms with E-state index in [1.807, 2.05) is 18.2 Å². The van der Waals surface area contributed by atoms with Gasteiger partial charge in [0.05, 0.1) is 10.2 Å². The van der Waals surface area contributed by atoms with Gasteiger partial charge in [0, 0.05) is 14.5 Å². The zero-order valence-electron chi connectivity index (χ0n) is 9.58. The first kappa shape index (κ1) is 12.3. The third-order valence-electron chi connectivity index (χ3n) is 2.69. The molecule has 3 aromatic rings. The molecule has 90 valence electrons. The number of aromatic nitrogens is 1. The summed E-state index contributed by atoms with van der Waals surface area (Å²) in [6.07, 6.45) is 0. The van der Waals surface area contributed by atoms with Crippen LogP contribution in [0.1, 0.15) is 5.56 Å². The molecule has 0 aliphatic carbocycles. The second-order valence-corrected chi connectivity index (χ2v) is 6.83. The number of rotatable bonds is 1. The van der Waals surface area contributed by atoms with Crippen LogP contribution in [0.2, 0.25) is 0 Å². The van der Waals surface area contributed by atoms with Crippen molar-refractivity contribution in [3.8, 4) is 10.6 Å². The monoisotopic (exact) mass is 381 g/mol. The highest BCUT2D eigenvalue weighted by molar-refractivity contribution is 9.11. The van der Waals surface area contributed by atoms with Crippen LogP contribution in [0.15, 0.2) is 45.3 Å². The summed E-state index contributed by atoms with van der Waals surface area (Å²) in [6, 6.07) is 12.4. The highest BCUT2D eigenvalue weighted by Gasteiger charge is 2.13. The SMILES string of the molecule is Cc1cc(Br)c(-c2nc3ccccc3s2)c(Br)c1. The Hall–Kier alpha value is -0.710. The maximum atomic E-state index is 4.69. The van der Waals surface area contributed by atoms with Crippen LogP contribution in [0.4, 0.5) is 0 Å². The summed E-state index contributed by atoms with van der Waals surface area (Å²) in [5, 5.41) is 1.04. The van der Waals surface area contributed by atoms with Crippen molar-refractivity contribution in [1.82, 2.24) is 4.98 Å². The molecule has 0 saturated carbocycles. The van der Waals surface area contributed by atoms with Crippen molar-refractivity contribution < 1.29 is 0 Å². The number of para-hydroxylation sites is 1. The van der Waals surface area contributed by atoms with Crippen LogP contribution in [0.25, 0.3) is 20.8 Å². The normalized spacial score (nSPS) is 11.1. The average Bonchev–Trinajstić information content (AvgIpc) is 2.70. The Balaban J connectivity index is 2.26. The van der Waals surface area contributed by atoms with Gasteiger partial charge in [-0.05, 0) is 36.8 Å². The summed E-state index contributed by atoms with van der Waals surface area (Å²) in [4.78, 5) is 4.69. The molecule has 2 aromatic carbocycles. The highest BCUT2D eigenvalue weighted by Crippen LogP contribution is 2.39. The summed E-state index contributed by atoms with van der Waals surface area (Å²) in [7, 11) is 0. The first-order valence-electron chi connectivity index (χ1n) is 5.47. The van der Waals surface area contributed by atoms with Crippen molar-refractivity contribution in [2.24, 2.45) is 0 Å². The molecular formula is C14H9Br2NS. The van der Waals surface area contributed by atoms with Gasteiger partial charge in [0.2, 0.25) is 0 Å². The average molecular weight is 383 g/mol. The van der Waals surface area contributed by atoms with Gasteiger partial charge < -0.3 is 0 Å². The minimum absolute atomic E-state index is 1.04. The van der Waals surface area contributed by atoms with E-state index < -0.39 is 0 Å². The fourth-order valence-corrected chi connectivity index (χ4v) is 4.98. The molecule has 0 fully saturated rings. The molecule has 1 nitrogen and oxygen atoms in total. The third kappa shape index (κ3) is 2.13. The molecule has 0 aliphatic heterocycles. The van der Waals surface area contributed by atoms with E-state index in [2.05, 4.69) is 57.0 Å². The molecule has 0 saturated heterocycles. The molecule has 1 aromatic heterocycles. The smallest absolute Gasteiger partial charge is 0.126 e. The maximum Gasteiger partial charge on any atom is 0.126 e. The topological polar surface area (TPSA) is 12.9 Å². The summed E-state index contributed by atoms with van der Waals surface area (Å²) in [5.41, 5.74) is 3.40. The number of hydrogen-bond donors (Lipinski definition) is 0. The maximum absolute atomic E-state index is 4.69. The van der Waals surface area contributed by atoms with Crippen molar-refractivity contribution in [2.75, 3.05) is 0 Å². The molecule has 0 spiro atoms. The Morgan fingerprint density at radius 3 is 2.39 bits per heavy atom. The van der Waals surface area contributed by atoms with Gasteiger partial charge in [0.25, 0.3) is 0 Å². The number of benzene rings is 2. The Morgan fingerprint density at radius 1 is 1.06 bits per heavy atom. The molecule has 0 unspecified atom stereocenters. The Labute approximate surface area is 126 Å². The quantitative estimate of drug-likeness (QED) is 0.518. The molecule has 1 heterocycles. The van der Waals surface area contributed by atoms with Crippen molar-refractivity contribution in [3.05, 3.63) is 50.9 Å². The molecule has 0 bridgehead atoms. The van der Waals surface area contributed by atoms with Crippen molar-refractivity contribution in [2.45, 2.75) is 6.92 Å². The standard InChI is InChI=1S/C14H9Br2NS/c1-8-6-9(15)13(10(16)7-8)14-17-11-4-2-3-5-12(11)18-14/h2-7H,1H3. The lowest BCUT2D eigenvalue weighted by molar-refractivity contribution is 1.40. The molecule has 0 amide bonds. The first-order chi connectivity index (χ1) is 8.65. The van der Waals surface area contributed by atoms with Crippen LogP contribution in [-0.4, -0.2) is 4.98 Å². The minimum atomic E-state index is 1.04. The van der Waals surface area contributed by atoms with Crippen molar-refractivity contribution in [3.63, 3.8) is 0 Å². The zero-order valence-corrected chi connectivity index (χ0v) is 13.6. The lowest BCUT2D eigenvalue weighted by atomic mass is 10.1. The second kappa shape index (κ2) is 4.76. The van der Waals surface area contributed by atoms with Crippen LogP contribution < -0.4 is 0 Å². The summed E-state index contributed by atoms with van der Waals surface area (Å²) < 4.78 is 3.37. The van der Waals surface area contributed by atoms with Crippen LogP contribution >= 0.6 is 43.2 Å². The molecule has 0 atom stereocenters. The molecule has 3 rings (SSSR count). The molecule has 18 heavy (non-hydrogen) atoms. The van der Waals surface area contributed by atoms with E-state index in [0.29, 0.717) is 0 Å². The zero-order chi connectivity index (χ0) is 12.7. The molecular weight excluding hydrogens is 374 g/mol. The summed E-state index contributed by atoms with van der Waals surface area (Å²) in [6.45, 7) is 2.08. The molecule has 0 N–H and O–H groups in total. The van der Waals surface area contributed by atoms with Crippen molar-refractivity contribution in [1.29, 1.82) is 0 Å². The first-order valence-corrected chi connectivity index (χ1v) is 7.87. The fourth-order valence-electron chi connectivity index (χ4n) is 1.88. The van der Waals surface area contributed by atoms with Gasteiger partial charge >= 0.3 is 0 Å². The van der Waals surface area contributed by atoms with E-state index in [1.54, 1.807) is 11.3 Å². The fraction of sp³-hybridized carbons (Fsp3) is 0.0714. The number of aryl methyl sites for hydroxylation is 1. The van der Waals surface area contributed by atoms with Gasteiger partial charge in [0.15, 0.2) is 0 Å². The van der Waals surface area contributed by atoms with Crippen LogP contribution in [-0.2, 0) is 0 Å². The predicted octanol–water partition coefficient (Wildman–Crippen LogP) is 5.80. The largest absolute Gasteiger partial charge is 0.236 e. The van der Waals surface area contributed by atoms with Gasteiger partial charge in [-0.25, -0.2) is 4.98 Å².